The Morgan fingerprint density at radius 2 is 1.77 bits per heavy atom. The number of hydrogen-bond acceptors (Lipinski definition) is 5. The molecule has 31 heavy (non-hydrogen) atoms. The van der Waals surface area contributed by atoms with Gasteiger partial charge in [0.05, 0.1) is 18.8 Å². The van der Waals surface area contributed by atoms with Crippen molar-refractivity contribution in [2.24, 2.45) is 0 Å². The minimum absolute atomic E-state index is 0.249. The van der Waals surface area contributed by atoms with Crippen LogP contribution in [0.4, 0.5) is 5.69 Å². The van der Waals surface area contributed by atoms with E-state index in [1.54, 1.807) is 31.4 Å². The molecule has 0 bridgehead atoms. The summed E-state index contributed by atoms with van der Waals surface area (Å²) >= 11 is 0. The average Bonchev–Trinajstić information content (AvgIpc) is 2.72. The lowest BCUT2D eigenvalue weighted by molar-refractivity contribution is 0.0618. The quantitative estimate of drug-likeness (QED) is 0.736. The van der Waals surface area contributed by atoms with Crippen molar-refractivity contribution in [1.82, 2.24) is 9.62 Å². The number of nitrogens with one attached hydrogen (secondary N) is 1. The molecule has 0 aliphatic carbocycles. The van der Waals surface area contributed by atoms with E-state index in [0.717, 1.165) is 14.2 Å². The topological polar surface area (TPSA) is 88.2 Å². The summed E-state index contributed by atoms with van der Waals surface area (Å²) in [5.41, 5.74) is 1.33. The van der Waals surface area contributed by atoms with Crippen molar-refractivity contribution in [3.8, 4) is 11.5 Å². The van der Waals surface area contributed by atoms with Crippen LogP contribution < -0.4 is 19.1 Å². The first-order valence-electron chi connectivity index (χ1n) is 9.89. The van der Waals surface area contributed by atoms with Gasteiger partial charge in [-0.2, -0.15) is 12.7 Å². The van der Waals surface area contributed by atoms with Crippen LogP contribution in [0.1, 0.15) is 42.2 Å². The SMILES string of the molecule is COc1ccc2c(c1)[C@H](NC(=O)c1ccc(N(C)S(=O)(=O)N(C)C)cc1)CC(C)(C)O2. The van der Waals surface area contributed by atoms with Gasteiger partial charge in [0, 0.05) is 38.7 Å². The molecule has 0 spiro atoms. The molecule has 168 valence electrons. The fraction of sp³-hybridized carbons (Fsp3) is 0.409. The van der Waals surface area contributed by atoms with Crippen molar-refractivity contribution in [3.05, 3.63) is 53.6 Å². The van der Waals surface area contributed by atoms with Crippen LogP contribution in [0.2, 0.25) is 0 Å². The number of fused-ring (bicyclic) bond motifs is 1. The lowest BCUT2D eigenvalue weighted by Gasteiger charge is -2.38. The zero-order valence-electron chi connectivity index (χ0n) is 18.7. The summed E-state index contributed by atoms with van der Waals surface area (Å²) in [5.74, 6) is 1.16. The Balaban J connectivity index is 1.82. The van der Waals surface area contributed by atoms with Crippen LogP contribution in [0.3, 0.4) is 0 Å². The van der Waals surface area contributed by atoms with E-state index in [-0.39, 0.29) is 11.9 Å². The molecule has 9 heteroatoms. The average molecular weight is 448 g/mol. The largest absolute Gasteiger partial charge is 0.497 e. The van der Waals surface area contributed by atoms with E-state index in [1.807, 2.05) is 32.0 Å². The van der Waals surface area contributed by atoms with Crippen LogP contribution in [0.25, 0.3) is 0 Å². The van der Waals surface area contributed by atoms with Gasteiger partial charge < -0.3 is 14.8 Å². The van der Waals surface area contributed by atoms with Crippen molar-refractivity contribution in [2.75, 3.05) is 32.6 Å². The molecule has 1 atom stereocenters. The molecule has 0 aromatic heterocycles. The summed E-state index contributed by atoms with van der Waals surface area (Å²) in [6, 6.07) is 11.8. The minimum atomic E-state index is -3.60. The number of rotatable bonds is 6. The molecule has 1 aliphatic rings. The van der Waals surface area contributed by atoms with E-state index < -0.39 is 15.8 Å². The van der Waals surface area contributed by atoms with E-state index in [1.165, 1.54) is 21.1 Å². The Bertz CT molecular complexity index is 1070. The van der Waals surface area contributed by atoms with E-state index in [0.29, 0.717) is 29.2 Å². The lowest BCUT2D eigenvalue weighted by atomic mass is 9.89. The predicted molar refractivity (Wildman–Crippen MR) is 120 cm³/mol. The molecule has 0 saturated heterocycles. The Morgan fingerprint density at radius 3 is 2.35 bits per heavy atom. The maximum Gasteiger partial charge on any atom is 0.303 e. The van der Waals surface area contributed by atoms with Gasteiger partial charge >= 0.3 is 10.2 Å². The Morgan fingerprint density at radius 1 is 1.13 bits per heavy atom. The number of hydrogen-bond donors (Lipinski definition) is 1. The van der Waals surface area contributed by atoms with Gasteiger partial charge in [-0.05, 0) is 56.3 Å². The van der Waals surface area contributed by atoms with E-state index in [2.05, 4.69) is 5.32 Å². The second-order valence-corrected chi connectivity index (χ2v) is 10.5. The monoisotopic (exact) mass is 447 g/mol. The maximum absolute atomic E-state index is 13.0. The normalized spacial score (nSPS) is 17.5. The molecule has 1 aliphatic heterocycles. The van der Waals surface area contributed by atoms with Crippen molar-refractivity contribution >= 4 is 21.8 Å². The van der Waals surface area contributed by atoms with Crippen LogP contribution >= 0.6 is 0 Å². The number of carbonyl (C=O) groups excluding carboxylic acids is 1. The highest BCUT2D eigenvalue weighted by Crippen LogP contribution is 2.41. The number of nitrogens with zero attached hydrogens (tertiary/aromatic N) is 2. The number of amides is 1. The van der Waals surface area contributed by atoms with Gasteiger partial charge in [-0.1, -0.05) is 0 Å². The molecule has 2 aromatic rings. The highest BCUT2D eigenvalue weighted by atomic mass is 32.2. The molecular weight excluding hydrogens is 418 g/mol. The van der Waals surface area contributed by atoms with Gasteiger partial charge in [0.15, 0.2) is 0 Å². The molecule has 8 nitrogen and oxygen atoms in total. The first-order valence-corrected chi connectivity index (χ1v) is 11.3. The molecular formula is C22H29N3O5S. The minimum Gasteiger partial charge on any atom is -0.497 e. The van der Waals surface area contributed by atoms with Gasteiger partial charge in [0.2, 0.25) is 0 Å². The molecule has 0 unspecified atom stereocenters. The second-order valence-electron chi connectivity index (χ2n) is 8.30. The zero-order chi connectivity index (χ0) is 23.0. The third-order valence-electron chi connectivity index (χ3n) is 5.28. The number of ether oxygens (including phenoxy) is 2. The van der Waals surface area contributed by atoms with Crippen molar-refractivity contribution in [2.45, 2.75) is 31.9 Å². The lowest BCUT2D eigenvalue weighted by Crippen LogP contribution is -2.41. The molecule has 2 aromatic carbocycles. The molecule has 1 N–H and O–H groups in total. The smallest absolute Gasteiger partial charge is 0.303 e. The highest BCUT2D eigenvalue weighted by molar-refractivity contribution is 7.90. The van der Waals surface area contributed by atoms with Crippen LogP contribution in [0.5, 0.6) is 11.5 Å². The maximum atomic E-state index is 13.0. The molecule has 1 amide bonds. The molecule has 3 rings (SSSR count). The van der Waals surface area contributed by atoms with Gasteiger partial charge in [0.1, 0.15) is 17.1 Å². The van der Waals surface area contributed by atoms with E-state index >= 15 is 0 Å². The number of methoxy groups -OCH3 is 1. The Labute approximate surface area is 183 Å². The molecule has 0 radical (unpaired) electrons. The van der Waals surface area contributed by atoms with E-state index in [9.17, 15) is 13.2 Å². The summed E-state index contributed by atoms with van der Waals surface area (Å²) in [4.78, 5) is 13.0. The summed E-state index contributed by atoms with van der Waals surface area (Å²) in [6.45, 7) is 3.96. The fourth-order valence-electron chi connectivity index (χ4n) is 3.53. The van der Waals surface area contributed by atoms with Gasteiger partial charge in [0.25, 0.3) is 5.91 Å². The first-order chi connectivity index (χ1) is 14.4. The number of benzene rings is 2. The second kappa shape index (κ2) is 8.39. The third kappa shape index (κ3) is 4.77. The van der Waals surface area contributed by atoms with Crippen molar-refractivity contribution in [1.29, 1.82) is 0 Å². The standard InChI is InChI=1S/C22H29N3O5S/c1-22(2)14-19(18-13-17(29-6)11-12-20(18)30-22)23-21(26)15-7-9-16(10-8-15)25(5)31(27,28)24(3)4/h7-13,19H,14H2,1-6H3,(H,23,26)/t19-/m1/s1. The third-order valence-corrected chi connectivity index (χ3v) is 7.11. The summed E-state index contributed by atoms with van der Waals surface area (Å²) in [6.07, 6.45) is 0.598. The van der Waals surface area contributed by atoms with Crippen LogP contribution in [0, 0.1) is 0 Å². The summed E-state index contributed by atoms with van der Waals surface area (Å²) in [7, 11) is 2.40. The number of anilines is 1. The Kier molecular flexibility index (Phi) is 6.20. The molecule has 0 fully saturated rings. The van der Waals surface area contributed by atoms with Crippen LogP contribution in [-0.2, 0) is 10.2 Å². The van der Waals surface area contributed by atoms with Gasteiger partial charge in [-0.25, -0.2) is 0 Å². The Hall–Kier alpha value is -2.78. The first kappa shape index (κ1) is 22.9. The van der Waals surface area contributed by atoms with E-state index in [4.69, 9.17) is 9.47 Å². The van der Waals surface area contributed by atoms with Crippen LogP contribution in [-0.4, -0.2) is 52.5 Å². The fourth-order valence-corrected chi connectivity index (χ4v) is 4.41. The molecule has 1 heterocycles. The summed E-state index contributed by atoms with van der Waals surface area (Å²) in [5, 5.41) is 3.08. The zero-order valence-corrected chi connectivity index (χ0v) is 19.5. The van der Waals surface area contributed by atoms with Crippen LogP contribution in [0.15, 0.2) is 42.5 Å². The van der Waals surface area contributed by atoms with Crippen molar-refractivity contribution < 1.29 is 22.7 Å². The van der Waals surface area contributed by atoms with Gasteiger partial charge in [-0.15, -0.1) is 0 Å². The van der Waals surface area contributed by atoms with Gasteiger partial charge in [-0.3, -0.25) is 9.10 Å². The number of carbonyl (C=O) groups is 1. The molecule has 0 saturated carbocycles. The highest BCUT2D eigenvalue weighted by Gasteiger charge is 2.35. The van der Waals surface area contributed by atoms with Crippen molar-refractivity contribution in [3.63, 3.8) is 0 Å². The predicted octanol–water partition coefficient (Wildman–Crippen LogP) is 2.97. The summed E-state index contributed by atoms with van der Waals surface area (Å²) < 4.78 is 38.3.